The van der Waals surface area contributed by atoms with Gasteiger partial charge < -0.3 is 5.11 Å². The van der Waals surface area contributed by atoms with E-state index in [9.17, 15) is 5.11 Å². The number of rotatable bonds is 2. The summed E-state index contributed by atoms with van der Waals surface area (Å²) in [6, 6.07) is 20.4. The van der Waals surface area contributed by atoms with Crippen LogP contribution in [-0.2, 0) is 6.42 Å². The van der Waals surface area contributed by atoms with Crippen LogP contribution < -0.4 is 0 Å². The van der Waals surface area contributed by atoms with Crippen molar-refractivity contribution in [1.82, 2.24) is 0 Å². The van der Waals surface area contributed by atoms with Crippen molar-refractivity contribution in [2.45, 2.75) is 13.3 Å². The maximum Gasteiger partial charge on any atom is 0.127 e. The van der Waals surface area contributed by atoms with Crippen molar-refractivity contribution >= 4 is 10.8 Å². The summed E-state index contributed by atoms with van der Waals surface area (Å²) in [6.45, 7) is 2.08. The van der Waals surface area contributed by atoms with Crippen molar-refractivity contribution < 1.29 is 5.11 Å². The van der Waals surface area contributed by atoms with Crippen LogP contribution in [0, 0.1) is 0 Å². The van der Waals surface area contributed by atoms with E-state index in [4.69, 9.17) is 0 Å². The molecule has 0 aliphatic heterocycles. The van der Waals surface area contributed by atoms with Crippen LogP contribution in [0.3, 0.4) is 0 Å². The van der Waals surface area contributed by atoms with Crippen molar-refractivity contribution in [3.8, 4) is 16.9 Å². The third-order valence-corrected chi connectivity index (χ3v) is 3.57. The highest BCUT2D eigenvalue weighted by atomic mass is 16.3. The molecule has 0 heterocycles. The normalized spacial score (nSPS) is 10.8. The van der Waals surface area contributed by atoms with Crippen LogP contribution in [0.2, 0.25) is 0 Å². The smallest absolute Gasteiger partial charge is 0.127 e. The van der Waals surface area contributed by atoms with Crippen molar-refractivity contribution in [3.05, 3.63) is 66.2 Å². The minimum absolute atomic E-state index is 0.416. The molecule has 1 heteroatoms. The van der Waals surface area contributed by atoms with E-state index in [0.717, 1.165) is 33.9 Å². The number of phenolic OH excluding ortho intramolecular Hbond substituents is 1. The van der Waals surface area contributed by atoms with Crippen LogP contribution in [0.25, 0.3) is 21.9 Å². The average molecular weight is 248 g/mol. The molecule has 19 heavy (non-hydrogen) atoms. The van der Waals surface area contributed by atoms with Crippen LogP contribution in [0.15, 0.2) is 60.7 Å². The van der Waals surface area contributed by atoms with E-state index in [0.29, 0.717) is 5.75 Å². The Labute approximate surface area is 113 Å². The molecule has 0 spiro atoms. The lowest BCUT2D eigenvalue weighted by molar-refractivity contribution is 0.475. The molecule has 0 bridgehead atoms. The van der Waals surface area contributed by atoms with Gasteiger partial charge in [-0.1, -0.05) is 61.5 Å². The molecule has 0 aromatic heterocycles. The quantitative estimate of drug-likeness (QED) is 0.692. The van der Waals surface area contributed by atoms with Crippen LogP contribution in [-0.4, -0.2) is 5.11 Å². The number of aromatic hydroxyl groups is 1. The van der Waals surface area contributed by atoms with Crippen molar-refractivity contribution in [2.24, 2.45) is 0 Å². The molecule has 0 amide bonds. The summed E-state index contributed by atoms with van der Waals surface area (Å²) < 4.78 is 0. The van der Waals surface area contributed by atoms with Gasteiger partial charge in [0.15, 0.2) is 0 Å². The van der Waals surface area contributed by atoms with E-state index >= 15 is 0 Å². The highest BCUT2D eigenvalue weighted by molar-refractivity contribution is 5.94. The second kappa shape index (κ2) is 4.77. The molecule has 0 fully saturated rings. The minimum atomic E-state index is 0.416. The topological polar surface area (TPSA) is 20.2 Å². The standard InChI is InChI=1S/C18H16O/c1-2-15-17(13-8-4-3-5-9-13)12-14-10-6-7-11-16(14)18(15)19/h3-12,19H,2H2,1H3. The van der Waals surface area contributed by atoms with Gasteiger partial charge in [-0.3, -0.25) is 0 Å². The predicted molar refractivity (Wildman–Crippen MR) is 80.4 cm³/mol. The first-order valence-corrected chi connectivity index (χ1v) is 6.60. The number of fused-ring (bicyclic) bond motifs is 1. The summed E-state index contributed by atoms with van der Waals surface area (Å²) in [5.74, 6) is 0.416. The second-order valence-electron chi connectivity index (χ2n) is 4.69. The maximum absolute atomic E-state index is 10.5. The lowest BCUT2D eigenvalue weighted by Gasteiger charge is -2.13. The fourth-order valence-corrected chi connectivity index (χ4v) is 2.60. The Hall–Kier alpha value is -2.28. The van der Waals surface area contributed by atoms with Crippen molar-refractivity contribution in [3.63, 3.8) is 0 Å². The first-order chi connectivity index (χ1) is 9.31. The van der Waals surface area contributed by atoms with Crippen molar-refractivity contribution in [1.29, 1.82) is 0 Å². The first-order valence-electron chi connectivity index (χ1n) is 6.60. The lowest BCUT2D eigenvalue weighted by Crippen LogP contribution is -1.90. The Bertz CT molecular complexity index is 714. The molecule has 0 aliphatic rings. The Morgan fingerprint density at radius 2 is 1.58 bits per heavy atom. The Morgan fingerprint density at radius 1 is 0.895 bits per heavy atom. The summed E-state index contributed by atoms with van der Waals surface area (Å²) >= 11 is 0. The molecule has 3 aromatic carbocycles. The summed E-state index contributed by atoms with van der Waals surface area (Å²) in [5.41, 5.74) is 3.30. The first kappa shape index (κ1) is 11.8. The highest BCUT2D eigenvalue weighted by Gasteiger charge is 2.12. The fourth-order valence-electron chi connectivity index (χ4n) is 2.60. The zero-order valence-corrected chi connectivity index (χ0v) is 10.9. The fraction of sp³-hybridized carbons (Fsp3) is 0.111. The molecular formula is C18H16O. The molecule has 94 valence electrons. The Kier molecular flexibility index (Phi) is 2.96. The van der Waals surface area contributed by atoms with Gasteiger partial charge in [-0.25, -0.2) is 0 Å². The van der Waals surface area contributed by atoms with Crippen LogP contribution in [0.1, 0.15) is 12.5 Å². The Balaban J connectivity index is 2.36. The van der Waals surface area contributed by atoms with Crippen molar-refractivity contribution in [2.75, 3.05) is 0 Å². The molecule has 1 N–H and O–H groups in total. The highest BCUT2D eigenvalue weighted by Crippen LogP contribution is 2.37. The molecule has 0 aliphatic carbocycles. The molecule has 1 nitrogen and oxygen atoms in total. The van der Waals surface area contributed by atoms with E-state index in [1.54, 1.807) is 0 Å². The van der Waals surface area contributed by atoms with E-state index < -0.39 is 0 Å². The van der Waals surface area contributed by atoms with Gasteiger partial charge in [0.05, 0.1) is 0 Å². The zero-order valence-electron chi connectivity index (χ0n) is 10.9. The molecule has 0 unspecified atom stereocenters. The van der Waals surface area contributed by atoms with Gasteiger partial charge in [0.2, 0.25) is 0 Å². The van der Waals surface area contributed by atoms with Crippen LogP contribution in [0.5, 0.6) is 5.75 Å². The van der Waals surface area contributed by atoms with E-state index in [1.165, 1.54) is 0 Å². The second-order valence-corrected chi connectivity index (χ2v) is 4.69. The van der Waals surface area contributed by atoms with Gasteiger partial charge in [0.25, 0.3) is 0 Å². The van der Waals surface area contributed by atoms with E-state index in [1.807, 2.05) is 42.5 Å². The molecule has 0 radical (unpaired) electrons. The summed E-state index contributed by atoms with van der Waals surface area (Å²) in [4.78, 5) is 0. The number of phenols is 1. The van der Waals surface area contributed by atoms with Gasteiger partial charge in [0.1, 0.15) is 5.75 Å². The molecule has 0 saturated carbocycles. The molecular weight excluding hydrogens is 232 g/mol. The summed E-state index contributed by atoms with van der Waals surface area (Å²) in [5, 5.41) is 12.5. The van der Waals surface area contributed by atoms with Crippen LogP contribution in [0.4, 0.5) is 0 Å². The van der Waals surface area contributed by atoms with Gasteiger partial charge in [-0.2, -0.15) is 0 Å². The minimum Gasteiger partial charge on any atom is -0.507 e. The molecule has 0 saturated heterocycles. The molecule has 3 aromatic rings. The lowest BCUT2D eigenvalue weighted by atomic mass is 9.93. The Morgan fingerprint density at radius 3 is 2.32 bits per heavy atom. The largest absolute Gasteiger partial charge is 0.507 e. The van der Waals surface area contributed by atoms with Crippen LogP contribution >= 0.6 is 0 Å². The maximum atomic E-state index is 10.5. The number of hydrogen-bond acceptors (Lipinski definition) is 1. The zero-order chi connectivity index (χ0) is 13.2. The van der Waals surface area contributed by atoms with Gasteiger partial charge >= 0.3 is 0 Å². The summed E-state index contributed by atoms with van der Waals surface area (Å²) in [6.07, 6.45) is 0.820. The molecule has 3 rings (SSSR count). The SMILES string of the molecule is CCc1c(-c2ccccc2)cc2ccccc2c1O. The monoisotopic (exact) mass is 248 g/mol. The predicted octanol–water partition coefficient (Wildman–Crippen LogP) is 4.77. The molecule has 0 atom stereocenters. The van der Waals surface area contributed by atoms with E-state index in [2.05, 4.69) is 25.1 Å². The third kappa shape index (κ3) is 1.97. The van der Waals surface area contributed by atoms with Gasteiger partial charge in [-0.05, 0) is 29.0 Å². The number of hydrogen-bond donors (Lipinski definition) is 1. The van der Waals surface area contributed by atoms with Gasteiger partial charge in [0, 0.05) is 10.9 Å². The third-order valence-electron chi connectivity index (χ3n) is 3.57. The average Bonchev–Trinajstić information content (AvgIpc) is 2.48. The van der Waals surface area contributed by atoms with E-state index in [-0.39, 0.29) is 0 Å². The summed E-state index contributed by atoms with van der Waals surface area (Å²) in [7, 11) is 0. The van der Waals surface area contributed by atoms with Gasteiger partial charge in [-0.15, -0.1) is 0 Å². The number of benzene rings is 3.